The van der Waals surface area contributed by atoms with Crippen LogP contribution in [0, 0.1) is 0 Å². The van der Waals surface area contributed by atoms with E-state index in [2.05, 4.69) is 5.32 Å². The molecule has 14 heavy (non-hydrogen) atoms. The highest BCUT2D eigenvalue weighted by molar-refractivity contribution is 6.28. The smallest absolute Gasteiger partial charge is 0.213 e. The Morgan fingerprint density at radius 3 is 2.57 bits per heavy atom. The zero-order valence-corrected chi connectivity index (χ0v) is 7.94. The average molecular weight is 183 g/mol. The highest BCUT2D eigenvalue weighted by atomic mass is 16.1. The van der Waals surface area contributed by atoms with E-state index in [1.807, 2.05) is 30.3 Å². The van der Waals surface area contributed by atoms with Crippen LogP contribution in [0.25, 0.3) is 0 Å². The summed E-state index contributed by atoms with van der Waals surface area (Å²) in [6, 6.07) is 9.65. The molecule has 68 valence electrons. The Bertz CT molecular complexity index is 289. The summed E-state index contributed by atoms with van der Waals surface area (Å²) in [4.78, 5) is 11.2. The van der Waals surface area contributed by atoms with Crippen LogP contribution in [0.4, 0.5) is 0 Å². The number of rotatable bonds is 4. The van der Waals surface area contributed by atoms with E-state index in [9.17, 15) is 4.79 Å². The Morgan fingerprint density at radius 1 is 1.36 bits per heavy atom. The number of carbonyl (C=O) groups excluding carboxylic acids is 1. The summed E-state index contributed by atoms with van der Waals surface area (Å²) in [5, 5.41) is 2.71. The first kappa shape index (κ1) is 10.9. The van der Waals surface area contributed by atoms with Crippen molar-refractivity contribution < 1.29 is 4.79 Å². The van der Waals surface area contributed by atoms with Crippen molar-refractivity contribution in [3.8, 4) is 0 Å². The normalized spacial score (nSPS) is 12.0. The van der Waals surface area contributed by atoms with E-state index in [4.69, 9.17) is 15.7 Å². The van der Waals surface area contributed by atoms with Gasteiger partial charge in [-0.05, 0) is 11.4 Å². The first-order valence-electron chi connectivity index (χ1n) is 4.51. The lowest BCUT2D eigenvalue weighted by molar-refractivity contribution is -0.120. The van der Waals surface area contributed by atoms with Crippen LogP contribution >= 0.6 is 0 Å². The van der Waals surface area contributed by atoms with E-state index in [0.29, 0.717) is 6.54 Å². The quantitative estimate of drug-likeness (QED) is 0.688. The molecule has 4 radical (unpaired) electrons. The molecule has 0 saturated carbocycles. The predicted molar refractivity (Wildman–Crippen MR) is 58.4 cm³/mol. The molecule has 0 aliphatic heterocycles. The summed E-state index contributed by atoms with van der Waals surface area (Å²) in [6.07, 6.45) is 0.167. The van der Waals surface area contributed by atoms with Crippen molar-refractivity contribution in [1.29, 1.82) is 0 Å². The molecule has 2 nitrogen and oxygen atoms in total. The summed E-state index contributed by atoms with van der Waals surface area (Å²) >= 11 is 0. The van der Waals surface area contributed by atoms with Crippen LogP contribution in [0.15, 0.2) is 30.3 Å². The van der Waals surface area contributed by atoms with Gasteiger partial charge < -0.3 is 5.32 Å². The number of hydrogen-bond donors (Lipinski definition) is 1. The van der Waals surface area contributed by atoms with Crippen LogP contribution in [0.2, 0.25) is 12.1 Å². The van der Waals surface area contributed by atoms with Crippen molar-refractivity contribution in [3.05, 3.63) is 35.9 Å². The molecule has 1 aromatic carbocycles. The summed E-state index contributed by atoms with van der Waals surface area (Å²) in [7, 11) is 10.7. The second kappa shape index (κ2) is 5.53. The average Bonchev–Trinajstić information content (AvgIpc) is 2.26. The first-order chi connectivity index (χ1) is 6.74. The minimum absolute atomic E-state index is 0.167. The van der Waals surface area contributed by atoms with Gasteiger partial charge in [-0.15, -0.1) is 0 Å². The highest BCUT2D eigenvalue weighted by Gasteiger charge is 2.08. The lowest BCUT2D eigenvalue weighted by Gasteiger charge is -2.10. The van der Waals surface area contributed by atoms with Crippen molar-refractivity contribution in [1.82, 2.24) is 5.32 Å². The van der Waals surface area contributed by atoms with E-state index in [0.717, 1.165) is 5.56 Å². The number of amides is 1. The van der Waals surface area contributed by atoms with Crippen LogP contribution in [0.1, 0.15) is 5.56 Å². The number of carbonyl (C=O) groups is 1. The van der Waals surface area contributed by atoms with Gasteiger partial charge in [-0.1, -0.05) is 36.7 Å². The molecule has 0 bridgehead atoms. The Labute approximate surface area is 86.9 Å². The predicted octanol–water partition coefficient (Wildman–Crippen LogP) is 0.847. The van der Waals surface area contributed by atoms with Crippen LogP contribution in [0.3, 0.4) is 0 Å². The molecule has 0 aliphatic rings. The van der Waals surface area contributed by atoms with Gasteiger partial charge in [0.1, 0.15) is 0 Å². The largest absolute Gasteiger partial charge is 0.352 e. The Balaban J connectivity index is 2.38. The highest BCUT2D eigenvalue weighted by Crippen LogP contribution is 2.04. The summed E-state index contributed by atoms with van der Waals surface area (Å²) in [6.45, 7) is 0.493. The zero-order chi connectivity index (χ0) is 10.4. The molecule has 0 fully saturated rings. The maximum absolute atomic E-state index is 11.2. The summed E-state index contributed by atoms with van der Waals surface area (Å²) < 4.78 is 0. The first-order valence-corrected chi connectivity index (χ1v) is 4.51. The summed E-state index contributed by atoms with van der Waals surface area (Å²) in [5.41, 5.74) is 1.05. The van der Waals surface area contributed by atoms with Crippen molar-refractivity contribution in [3.63, 3.8) is 0 Å². The van der Waals surface area contributed by atoms with Crippen molar-refractivity contribution in [2.45, 2.75) is 18.7 Å². The maximum Gasteiger partial charge on any atom is 0.213 e. The topological polar surface area (TPSA) is 29.1 Å². The maximum atomic E-state index is 11.2. The lowest BCUT2D eigenvalue weighted by Crippen LogP contribution is -2.26. The van der Waals surface area contributed by atoms with Gasteiger partial charge in [-0.25, -0.2) is 0 Å². The van der Waals surface area contributed by atoms with Crippen molar-refractivity contribution >= 4 is 21.6 Å². The molecule has 0 aromatic heterocycles. The standard InChI is InChI=1S/C10H11B2NO/c11-6-9(12)10(14)13-7-8-4-2-1-3-5-8/h1-5,9H,6-7H2,(H,13,14). The van der Waals surface area contributed by atoms with Crippen molar-refractivity contribution in [2.24, 2.45) is 0 Å². The fraction of sp³-hybridized carbons (Fsp3) is 0.300. The van der Waals surface area contributed by atoms with Crippen LogP contribution in [-0.2, 0) is 11.3 Å². The van der Waals surface area contributed by atoms with Gasteiger partial charge in [0.2, 0.25) is 5.91 Å². The van der Waals surface area contributed by atoms with Crippen LogP contribution in [0.5, 0.6) is 0 Å². The molecule has 1 atom stereocenters. The third-order valence-corrected chi connectivity index (χ3v) is 1.90. The number of hydrogen-bond acceptors (Lipinski definition) is 1. The monoisotopic (exact) mass is 183 g/mol. The van der Waals surface area contributed by atoms with Gasteiger partial charge in [0, 0.05) is 6.54 Å². The number of benzene rings is 1. The van der Waals surface area contributed by atoms with Gasteiger partial charge in [-0.2, -0.15) is 0 Å². The molecule has 4 heteroatoms. The van der Waals surface area contributed by atoms with E-state index >= 15 is 0 Å². The third kappa shape index (κ3) is 3.29. The molecule has 1 aromatic rings. The molecule has 0 aliphatic carbocycles. The second-order valence-corrected chi connectivity index (χ2v) is 3.05. The molecular weight excluding hydrogens is 172 g/mol. The molecule has 1 rings (SSSR count). The number of nitrogens with one attached hydrogen (secondary N) is 1. The molecule has 0 heterocycles. The third-order valence-electron chi connectivity index (χ3n) is 1.90. The van der Waals surface area contributed by atoms with Crippen molar-refractivity contribution in [2.75, 3.05) is 0 Å². The fourth-order valence-corrected chi connectivity index (χ4v) is 1.02. The minimum Gasteiger partial charge on any atom is -0.352 e. The molecule has 0 spiro atoms. The van der Waals surface area contributed by atoms with Gasteiger partial charge >= 0.3 is 0 Å². The van der Waals surface area contributed by atoms with E-state index in [1.54, 1.807) is 0 Å². The lowest BCUT2D eigenvalue weighted by atomic mass is 9.76. The molecular formula is C10H11B2NO. The second-order valence-electron chi connectivity index (χ2n) is 3.05. The van der Waals surface area contributed by atoms with Crippen LogP contribution in [-0.4, -0.2) is 21.6 Å². The summed E-state index contributed by atoms with van der Waals surface area (Å²) in [5.74, 6) is -0.824. The molecule has 0 saturated heterocycles. The van der Waals surface area contributed by atoms with E-state index < -0.39 is 5.82 Å². The Hall–Kier alpha value is -1.18. The van der Waals surface area contributed by atoms with Gasteiger partial charge in [-0.3, -0.25) is 4.79 Å². The SMILES string of the molecule is [B]CC([B])C(=O)NCc1ccccc1. The van der Waals surface area contributed by atoms with Gasteiger partial charge in [0.25, 0.3) is 0 Å². The molecule has 1 N–H and O–H groups in total. The van der Waals surface area contributed by atoms with Gasteiger partial charge in [0.15, 0.2) is 0 Å². The van der Waals surface area contributed by atoms with Gasteiger partial charge in [0.05, 0.1) is 15.7 Å². The Morgan fingerprint density at radius 2 is 2.00 bits per heavy atom. The fourth-order valence-electron chi connectivity index (χ4n) is 1.02. The Kier molecular flexibility index (Phi) is 4.30. The molecule has 1 amide bonds. The minimum atomic E-state index is -0.612. The zero-order valence-electron chi connectivity index (χ0n) is 7.94. The van der Waals surface area contributed by atoms with E-state index in [-0.39, 0.29) is 12.2 Å². The molecule has 1 unspecified atom stereocenters. The van der Waals surface area contributed by atoms with Crippen LogP contribution < -0.4 is 5.32 Å². The van der Waals surface area contributed by atoms with E-state index in [1.165, 1.54) is 0 Å².